The summed E-state index contributed by atoms with van der Waals surface area (Å²) in [5.41, 5.74) is 4.57. The number of hydrogen-bond acceptors (Lipinski definition) is 4. The molecule has 160 valence electrons. The number of fused-ring (bicyclic) bond motifs is 1. The highest BCUT2D eigenvalue weighted by atomic mass is 16.3. The summed E-state index contributed by atoms with van der Waals surface area (Å²) in [4.78, 5) is 9.03. The third-order valence-electron chi connectivity index (χ3n) is 6.61. The fourth-order valence-corrected chi connectivity index (χ4v) is 4.73. The van der Waals surface area contributed by atoms with Gasteiger partial charge in [0.1, 0.15) is 17.4 Å². The molecule has 0 radical (unpaired) electrons. The minimum absolute atomic E-state index is 0.198. The molecular weight excluding hydrogens is 386 g/mol. The molecule has 6 heteroatoms. The van der Waals surface area contributed by atoms with Gasteiger partial charge in [-0.3, -0.25) is 5.41 Å². The first-order valence-corrected chi connectivity index (χ1v) is 11.2. The number of aliphatic hydroxyl groups excluding tert-OH is 1. The fraction of sp³-hybridized carbons (Fsp3) is 0.360. The SMILES string of the molecule is CCn1c(C2=C(O)CN(c3ccc(N4CCC(C)CC4)cc3)C2=N)nc2ccccc21. The molecule has 1 aromatic heterocycles. The van der Waals surface area contributed by atoms with Crippen molar-refractivity contribution < 1.29 is 5.11 Å². The maximum Gasteiger partial charge on any atom is 0.148 e. The lowest BCUT2D eigenvalue weighted by Crippen LogP contribution is -2.32. The van der Waals surface area contributed by atoms with Gasteiger partial charge in [0.25, 0.3) is 0 Å². The van der Waals surface area contributed by atoms with Crippen molar-refractivity contribution in [3.05, 3.63) is 60.1 Å². The molecule has 0 bridgehead atoms. The molecule has 1 fully saturated rings. The molecule has 0 spiro atoms. The lowest BCUT2D eigenvalue weighted by Gasteiger charge is -2.32. The second kappa shape index (κ2) is 7.76. The van der Waals surface area contributed by atoms with Crippen molar-refractivity contribution in [3.63, 3.8) is 0 Å². The van der Waals surface area contributed by atoms with Gasteiger partial charge in [-0.1, -0.05) is 19.1 Å². The molecule has 6 nitrogen and oxygen atoms in total. The van der Waals surface area contributed by atoms with Crippen molar-refractivity contribution in [3.8, 4) is 0 Å². The van der Waals surface area contributed by atoms with Crippen LogP contribution in [0.2, 0.25) is 0 Å². The number of rotatable bonds is 4. The van der Waals surface area contributed by atoms with Crippen LogP contribution in [0.4, 0.5) is 11.4 Å². The molecule has 3 heterocycles. The standard InChI is InChI=1S/C25H29N5O/c1-3-29-21-7-5-4-6-20(21)27-25(29)23-22(31)16-30(24(23)26)19-10-8-18(9-11-19)28-14-12-17(2)13-15-28/h4-11,17,26,31H,3,12-16H2,1-2H3. The zero-order chi connectivity index (χ0) is 21.5. The largest absolute Gasteiger partial charge is 0.509 e. The van der Waals surface area contributed by atoms with E-state index in [2.05, 4.69) is 47.6 Å². The lowest BCUT2D eigenvalue weighted by molar-refractivity contribution is 0.411. The first-order chi connectivity index (χ1) is 15.1. The van der Waals surface area contributed by atoms with Crippen LogP contribution in [0.5, 0.6) is 0 Å². The van der Waals surface area contributed by atoms with Gasteiger partial charge >= 0.3 is 0 Å². The van der Waals surface area contributed by atoms with E-state index in [4.69, 9.17) is 10.4 Å². The Morgan fingerprint density at radius 2 is 1.71 bits per heavy atom. The Hall–Kier alpha value is -3.28. The minimum Gasteiger partial charge on any atom is -0.509 e. The Bertz CT molecular complexity index is 1150. The number of nitrogens with one attached hydrogen (secondary N) is 1. The van der Waals surface area contributed by atoms with Crippen LogP contribution in [0.3, 0.4) is 0 Å². The highest BCUT2D eigenvalue weighted by Gasteiger charge is 2.32. The Balaban J connectivity index is 1.41. The number of nitrogens with zero attached hydrogens (tertiary/aromatic N) is 4. The van der Waals surface area contributed by atoms with E-state index in [0.29, 0.717) is 23.8 Å². The zero-order valence-electron chi connectivity index (χ0n) is 18.2. The second-order valence-electron chi connectivity index (χ2n) is 8.61. The van der Waals surface area contributed by atoms with Gasteiger partial charge in [-0.15, -0.1) is 0 Å². The molecule has 2 aliphatic heterocycles. The van der Waals surface area contributed by atoms with Crippen LogP contribution >= 0.6 is 0 Å². The normalized spacial score (nSPS) is 17.9. The van der Waals surface area contributed by atoms with Crippen molar-refractivity contribution in [1.82, 2.24) is 9.55 Å². The molecule has 0 unspecified atom stereocenters. The quantitative estimate of drug-likeness (QED) is 0.625. The van der Waals surface area contributed by atoms with Crippen molar-refractivity contribution in [1.29, 1.82) is 5.41 Å². The van der Waals surface area contributed by atoms with Crippen molar-refractivity contribution in [2.45, 2.75) is 33.2 Å². The monoisotopic (exact) mass is 415 g/mol. The summed E-state index contributed by atoms with van der Waals surface area (Å²) in [5.74, 6) is 1.96. The maximum absolute atomic E-state index is 10.8. The number of hydrogen-bond donors (Lipinski definition) is 2. The van der Waals surface area contributed by atoms with E-state index in [1.807, 2.05) is 29.2 Å². The van der Waals surface area contributed by atoms with Crippen molar-refractivity contribution >= 4 is 33.8 Å². The van der Waals surface area contributed by atoms with E-state index in [9.17, 15) is 5.11 Å². The Morgan fingerprint density at radius 3 is 2.42 bits per heavy atom. The first kappa shape index (κ1) is 19.7. The predicted octanol–water partition coefficient (Wildman–Crippen LogP) is 5.06. The number of aliphatic hydroxyl groups is 1. The van der Waals surface area contributed by atoms with Gasteiger partial charge in [-0.05, 0) is 62.1 Å². The van der Waals surface area contributed by atoms with Crippen LogP contribution in [0.1, 0.15) is 32.5 Å². The van der Waals surface area contributed by atoms with Gasteiger partial charge in [0, 0.05) is 31.0 Å². The first-order valence-electron chi connectivity index (χ1n) is 11.2. The van der Waals surface area contributed by atoms with E-state index in [1.54, 1.807) is 0 Å². The summed E-state index contributed by atoms with van der Waals surface area (Å²) >= 11 is 0. The van der Waals surface area contributed by atoms with Gasteiger partial charge in [0.05, 0.1) is 23.2 Å². The van der Waals surface area contributed by atoms with Gasteiger partial charge in [-0.25, -0.2) is 4.98 Å². The van der Waals surface area contributed by atoms with Gasteiger partial charge in [0.15, 0.2) is 0 Å². The smallest absolute Gasteiger partial charge is 0.148 e. The maximum atomic E-state index is 10.8. The molecule has 1 saturated heterocycles. The summed E-state index contributed by atoms with van der Waals surface area (Å²) in [5, 5.41) is 19.6. The Kier molecular flexibility index (Phi) is 4.93. The van der Waals surface area contributed by atoms with E-state index in [0.717, 1.165) is 42.3 Å². The molecular formula is C25H29N5O. The molecule has 0 amide bonds. The third kappa shape index (κ3) is 3.36. The molecule has 2 aromatic carbocycles. The molecule has 5 rings (SSSR count). The molecule has 31 heavy (non-hydrogen) atoms. The van der Waals surface area contributed by atoms with Crippen LogP contribution in [0, 0.1) is 11.3 Å². The number of benzene rings is 2. The summed E-state index contributed by atoms with van der Waals surface area (Å²) in [6, 6.07) is 16.3. The number of amidine groups is 1. The second-order valence-corrected chi connectivity index (χ2v) is 8.61. The lowest BCUT2D eigenvalue weighted by atomic mass is 9.99. The van der Waals surface area contributed by atoms with Crippen LogP contribution in [0.25, 0.3) is 16.6 Å². The molecule has 2 aliphatic rings. The Labute approximate surface area is 182 Å². The molecule has 0 atom stereocenters. The molecule has 0 aliphatic carbocycles. The fourth-order valence-electron chi connectivity index (χ4n) is 4.73. The van der Waals surface area contributed by atoms with Crippen LogP contribution in [0.15, 0.2) is 54.3 Å². The highest BCUT2D eigenvalue weighted by molar-refractivity contribution is 6.30. The van der Waals surface area contributed by atoms with Crippen LogP contribution in [-0.2, 0) is 6.54 Å². The zero-order valence-corrected chi connectivity index (χ0v) is 18.2. The molecule has 0 saturated carbocycles. The number of anilines is 2. The minimum atomic E-state index is 0.198. The number of aromatic nitrogens is 2. The average molecular weight is 416 g/mol. The topological polar surface area (TPSA) is 68.4 Å². The van der Waals surface area contributed by atoms with Crippen molar-refractivity contribution in [2.24, 2.45) is 5.92 Å². The average Bonchev–Trinajstić information content (AvgIpc) is 3.30. The van der Waals surface area contributed by atoms with E-state index < -0.39 is 0 Å². The van der Waals surface area contributed by atoms with Crippen molar-refractivity contribution in [2.75, 3.05) is 29.4 Å². The number of para-hydroxylation sites is 2. The Morgan fingerprint density at radius 1 is 1.03 bits per heavy atom. The van der Waals surface area contributed by atoms with Gasteiger partial charge in [-0.2, -0.15) is 0 Å². The summed E-state index contributed by atoms with van der Waals surface area (Å²) < 4.78 is 2.07. The molecule has 2 N–H and O–H groups in total. The highest BCUT2D eigenvalue weighted by Crippen LogP contribution is 2.33. The number of piperidine rings is 1. The predicted molar refractivity (Wildman–Crippen MR) is 127 cm³/mol. The van der Waals surface area contributed by atoms with E-state index in [-0.39, 0.29) is 5.76 Å². The number of imidazole rings is 1. The molecule has 3 aromatic rings. The van der Waals surface area contributed by atoms with Gasteiger partial charge in [0.2, 0.25) is 0 Å². The summed E-state index contributed by atoms with van der Waals surface area (Å²) in [6.07, 6.45) is 2.47. The van der Waals surface area contributed by atoms with Crippen LogP contribution < -0.4 is 9.80 Å². The third-order valence-corrected chi connectivity index (χ3v) is 6.61. The summed E-state index contributed by atoms with van der Waals surface area (Å²) in [6.45, 7) is 7.60. The van der Waals surface area contributed by atoms with Crippen LogP contribution in [-0.4, -0.2) is 40.1 Å². The van der Waals surface area contributed by atoms with E-state index >= 15 is 0 Å². The number of aryl methyl sites for hydroxylation is 1. The van der Waals surface area contributed by atoms with Gasteiger partial charge < -0.3 is 19.5 Å². The van der Waals surface area contributed by atoms with E-state index in [1.165, 1.54) is 18.5 Å². The summed E-state index contributed by atoms with van der Waals surface area (Å²) in [7, 11) is 0.